The average molecular weight is 418 g/mol. The lowest BCUT2D eigenvalue weighted by atomic mass is 10.1. The molecule has 5 heteroatoms. The van der Waals surface area contributed by atoms with Gasteiger partial charge in [-0.25, -0.2) is 0 Å². The fourth-order valence-electron chi connectivity index (χ4n) is 4.27. The maximum Gasteiger partial charge on any atom is 0.222 e. The highest BCUT2D eigenvalue weighted by Gasteiger charge is 2.24. The number of aryl methyl sites for hydroxylation is 1. The summed E-state index contributed by atoms with van der Waals surface area (Å²) >= 11 is 0. The van der Waals surface area contributed by atoms with Gasteiger partial charge in [-0.05, 0) is 43.2 Å². The Bertz CT molecular complexity index is 1010. The zero-order chi connectivity index (χ0) is 21.6. The van der Waals surface area contributed by atoms with Gasteiger partial charge in [0.15, 0.2) is 0 Å². The molecule has 31 heavy (non-hydrogen) atoms. The third-order valence-corrected chi connectivity index (χ3v) is 6.24. The van der Waals surface area contributed by atoms with Crippen LogP contribution in [0.2, 0.25) is 0 Å². The number of hydrogen-bond donors (Lipinski definition) is 0. The van der Waals surface area contributed by atoms with Crippen LogP contribution >= 0.6 is 0 Å². The first-order valence-corrected chi connectivity index (χ1v) is 11.1. The Labute approximate surface area is 184 Å². The van der Waals surface area contributed by atoms with Crippen molar-refractivity contribution in [2.24, 2.45) is 0 Å². The molecule has 5 nitrogen and oxygen atoms in total. The van der Waals surface area contributed by atoms with Crippen molar-refractivity contribution in [3.8, 4) is 5.75 Å². The van der Waals surface area contributed by atoms with Crippen LogP contribution in [-0.2, 0) is 17.6 Å². The molecule has 1 saturated heterocycles. The maximum absolute atomic E-state index is 12.7. The summed E-state index contributed by atoms with van der Waals surface area (Å²) in [5, 5.41) is 1.18. The average Bonchev–Trinajstić information content (AvgIpc) is 2.83. The number of fused-ring (bicyclic) bond motifs is 1. The molecular weight excluding hydrogens is 386 g/mol. The van der Waals surface area contributed by atoms with Crippen molar-refractivity contribution in [1.29, 1.82) is 0 Å². The summed E-state index contributed by atoms with van der Waals surface area (Å²) in [7, 11) is 1.66. The van der Waals surface area contributed by atoms with Crippen LogP contribution in [0.3, 0.4) is 0 Å². The SMILES string of the molecule is COc1ccc(CCC(=O)N2CCN([C@H](C)Cc3ccc4ccccc4n3)CC2)cc1. The molecule has 1 aliphatic rings. The topological polar surface area (TPSA) is 45.7 Å². The van der Waals surface area contributed by atoms with Gasteiger partial charge in [0.1, 0.15) is 5.75 Å². The minimum absolute atomic E-state index is 0.249. The van der Waals surface area contributed by atoms with Gasteiger partial charge in [-0.1, -0.05) is 36.4 Å². The Balaban J connectivity index is 1.24. The number of carbonyl (C=O) groups is 1. The highest BCUT2D eigenvalue weighted by molar-refractivity contribution is 5.78. The molecular formula is C26H31N3O2. The van der Waals surface area contributed by atoms with Crippen LogP contribution in [0.4, 0.5) is 0 Å². The highest BCUT2D eigenvalue weighted by Crippen LogP contribution is 2.17. The van der Waals surface area contributed by atoms with E-state index < -0.39 is 0 Å². The molecule has 0 radical (unpaired) electrons. The third-order valence-electron chi connectivity index (χ3n) is 6.24. The molecule has 1 amide bonds. The molecule has 0 saturated carbocycles. The number of amides is 1. The lowest BCUT2D eigenvalue weighted by Crippen LogP contribution is -2.51. The van der Waals surface area contributed by atoms with Gasteiger partial charge in [0.05, 0.1) is 12.6 Å². The van der Waals surface area contributed by atoms with Gasteiger partial charge >= 0.3 is 0 Å². The van der Waals surface area contributed by atoms with Gasteiger partial charge in [-0.3, -0.25) is 14.7 Å². The van der Waals surface area contributed by atoms with Gasteiger partial charge in [0.2, 0.25) is 5.91 Å². The van der Waals surface area contributed by atoms with E-state index in [1.165, 1.54) is 10.9 Å². The standard InChI is InChI=1S/C26H31N3O2/c1-20(19-23-11-10-22-5-3-4-6-25(22)27-23)28-15-17-29(18-16-28)26(30)14-9-21-7-12-24(31-2)13-8-21/h3-8,10-13,20H,9,14-19H2,1-2H3/t20-/m1/s1. The van der Waals surface area contributed by atoms with Crippen molar-refractivity contribution >= 4 is 16.8 Å². The van der Waals surface area contributed by atoms with E-state index in [2.05, 4.69) is 36.1 Å². The van der Waals surface area contributed by atoms with Gasteiger partial charge in [-0.2, -0.15) is 0 Å². The lowest BCUT2D eigenvalue weighted by molar-refractivity contribution is -0.133. The fourth-order valence-corrected chi connectivity index (χ4v) is 4.27. The Hall–Kier alpha value is -2.92. The number of benzene rings is 2. The molecule has 0 aliphatic carbocycles. The molecule has 1 fully saturated rings. The van der Waals surface area contributed by atoms with Crippen LogP contribution in [0, 0.1) is 0 Å². The zero-order valence-electron chi connectivity index (χ0n) is 18.5. The van der Waals surface area contributed by atoms with Crippen LogP contribution in [0.1, 0.15) is 24.6 Å². The molecule has 0 unspecified atom stereocenters. The molecule has 3 aromatic rings. The van der Waals surface area contributed by atoms with Crippen molar-refractivity contribution in [3.63, 3.8) is 0 Å². The number of ether oxygens (including phenoxy) is 1. The summed E-state index contributed by atoms with van der Waals surface area (Å²) in [6, 6.07) is 20.9. The number of aromatic nitrogens is 1. The van der Waals surface area contributed by atoms with Crippen molar-refractivity contribution in [3.05, 3.63) is 71.9 Å². The smallest absolute Gasteiger partial charge is 0.222 e. The number of pyridine rings is 1. The van der Waals surface area contributed by atoms with Gasteiger partial charge in [-0.15, -0.1) is 0 Å². The minimum Gasteiger partial charge on any atom is -0.497 e. The molecule has 1 atom stereocenters. The quantitative estimate of drug-likeness (QED) is 0.584. The molecule has 0 N–H and O–H groups in total. The predicted molar refractivity (Wildman–Crippen MR) is 124 cm³/mol. The Morgan fingerprint density at radius 2 is 1.74 bits per heavy atom. The van der Waals surface area contributed by atoms with E-state index in [1.54, 1.807) is 7.11 Å². The molecule has 1 aromatic heterocycles. The van der Waals surface area contributed by atoms with Crippen molar-refractivity contribution in [2.75, 3.05) is 33.3 Å². The Kier molecular flexibility index (Phi) is 6.82. The Morgan fingerprint density at radius 1 is 1.00 bits per heavy atom. The summed E-state index contributed by atoms with van der Waals surface area (Å²) < 4.78 is 5.19. The first kappa shape index (κ1) is 21.3. The minimum atomic E-state index is 0.249. The second-order valence-corrected chi connectivity index (χ2v) is 8.31. The zero-order valence-corrected chi connectivity index (χ0v) is 18.5. The molecule has 0 bridgehead atoms. The first-order chi connectivity index (χ1) is 15.1. The highest BCUT2D eigenvalue weighted by atomic mass is 16.5. The fraction of sp³-hybridized carbons (Fsp3) is 0.385. The Morgan fingerprint density at radius 3 is 2.48 bits per heavy atom. The monoisotopic (exact) mass is 417 g/mol. The van der Waals surface area contributed by atoms with Crippen molar-refractivity contribution < 1.29 is 9.53 Å². The van der Waals surface area contributed by atoms with Crippen molar-refractivity contribution in [1.82, 2.24) is 14.8 Å². The molecule has 1 aliphatic heterocycles. The van der Waals surface area contributed by atoms with E-state index in [0.717, 1.165) is 56.0 Å². The van der Waals surface area contributed by atoms with E-state index in [9.17, 15) is 4.79 Å². The van der Waals surface area contributed by atoms with Crippen molar-refractivity contribution in [2.45, 2.75) is 32.2 Å². The predicted octanol–water partition coefficient (Wildman–Crippen LogP) is 3.95. The van der Waals surface area contributed by atoms with E-state index in [0.29, 0.717) is 12.5 Å². The van der Waals surface area contributed by atoms with E-state index in [-0.39, 0.29) is 5.91 Å². The van der Waals surface area contributed by atoms with E-state index in [4.69, 9.17) is 9.72 Å². The van der Waals surface area contributed by atoms with Crippen LogP contribution in [0.5, 0.6) is 5.75 Å². The number of carbonyl (C=O) groups excluding carboxylic acids is 1. The van der Waals surface area contributed by atoms with Crippen LogP contribution < -0.4 is 4.74 Å². The van der Waals surface area contributed by atoms with Gasteiger partial charge in [0, 0.05) is 56.1 Å². The van der Waals surface area contributed by atoms with Crippen LogP contribution in [0.25, 0.3) is 10.9 Å². The maximum atomic E-state index is 12.7. The van der Waals surface area contributed by atoms with E-state index in [1.807, 2.05) is 41.3 Å². The van der Waals surface area contributed by atoms with Gasteiger partial charge < -0.3 is 9.64 Å². The number of hydrogen-bond acceptors (Lipinski definition) is 4. The molecule has 2 aromatic carbocycles. The summed E-state index contributed by atoms with van der Waals surface area (Å²) in [6.45, 7) is 5.71. The van der Waals surface area contributed by atoms with Crippen LogP contribution in [0.15, 0.2) is 60.7 Å². The van der Waals surface area contributed by atoms with Crippen LogP contribution in [-0.4, -0.2) is 60.0 Å². The summed E-state index contributed by atoms with van der Waals surface area (Å²) in [6.07, 6.45) is 2.26. The third kappa shape index (κ3) is 5.42. The first-order valence-electron chi connectivity index (χ1n) is 11.1. The van der Waals surface area contributed by atoms with Gasteiger partial charge in [0.25, 0.3) is 0 Å². The molecule has 0 spiro atoms. The molecule has 2 heterocycles. The second kappa shape index (κ2) is 9.92. The second-order valence-electron chi connectivity index (χ2n) is 8.31. The largest absolute Gasteiger partial charge is 0.497 e. The lowest BCUT2D eigenvalue weighted by Gasteiger charge is -2.38. The number of methoxy groups -OCH3 is 1. The summed E-state index contributed by atoms with van der Waals surface area (Å²) in [5.41, 5.74) is 3.35. The number of rotatable bonds is 7. The number of nitrogens with zero attached hydrogens (tertiary/aromatic N) is 3. The molecule has 4 rings (SSSR count). The number of para-hydroxylation sites is 1. The summed E-state index contributed by atoms with van der Waals surface area (Å²) in [4.78, 5) is 22.0. The number of piperazine rings is 1. The summed E-state index contributed by atoms with van der Waals surface area (Å²) in [5.74, 6) is 1.10. The normalized spacial score (nSPS) is 15.7. The molecule has 162 valence electrons. The van der Waals surface area contributed by atoms with E-state index >= 15 is 0 Å².